The van der Waals surface area contributed by atoms with Crippen molar-refractivity contribution in [3.8, 4) is 11.5 Å². The summed E-state index contributed by atoms with van der Waals surface area (Å²) in [5.41, 5.74) is 0.279. The van der Waals surface area contributed by atoms with Gasteiger partial charge in [-0.25, -0.2) is 0 Å². The summed E-state index contributed by atoms with van der Waals surface area (Å²) in [6.07, 6.45) is -5.31. The molecule has 0 unspecified atom stereocenters. The largest absolute Gasteiger partial charge is 0.508 e. The second-order valence-corrected chi connectivity index (χ2v) is 4.90. The van der Waals surface area contributed by atoms with Gasteiger partial charge >= 0.3 is 6.18 Å². The van der Waals surface area contributed by atoms with E-state index in [1.165, 1.54) is 12.1 Å². The molecular weight excluding hydrogens is 273 g/mol. The highest BCUT2D eigenvalue weighted by atomic mass is 19.4. The van der Waals surface area contributed by atoms with Crippen LogP contribution in [0, 0.1) is 0 Å². The first-order valence-corrected chi connectivity index (χ1v) is 6.39. The predicted octanol–water partition coefficient (Wildman–Crippen LogP) is 2.00. The van der Waals surface area contributed by atoms with Gasteiger partial charge in [-0.15, -0.1) is 0 Å². The zero-order valence-corrected chi connectivity index (χ0v) is 10.8. The van der Waals surface area contributed by atoms with E-state index in [4.69, 9.17) is 0 Å². The van der Waals surface area contributed by atoms with Gasteiger partial charge in [0, 0.05) is 38.3 Å². The number of alkyl halides is 3. The maximum atomic E-state index is 12.8. The minimum atomic E-state index is -4.31. The number of nitrogens with one attached hydrogen (secondary N) is 1. The molecule has 1 heterocycles. The number of benzene rings is 1. The lowest BCUT2D eigenvalue weighted by Crippen LogP contribution is -2.46. The van der Waals surface area contributed by atoms with E-state index in [9.17, 15) is 23.4 Å². The van der Waals surface area contributed by atoms with Gasteiger partial charge in [0.15, 0.2) is 0 Å². The van der Waals surface area contributed by atoms with Crippen LogP contribution in [0.1, 0.15) is 18.0 Å². The standard InChI is InChI=1S/C13H17F3N2O2/c14-13(15,16)8-12(18-3-1-17-2-4-18)9-5-10(19)7-11(20)6-9/h5-7,12,17,19-20H,1-4,8H2/t12-/m0/s1. The summed E-state index contributed by atoms with van der Waals surface area (Å²) in [4.78, 5) is 1.72. The third kappa shape index (κ3) is 4.01. The Morgan fingerprint density at radius 2 is 1.65 bits per heavy atom. The van der Waals surface area contributed by atoms with E-state index in [0.29, 0.717) is 26.2 Å². The molecule has 0 saturated carbocycles. The van der Waals surface area contributed by atoms with Crippen LogP contribution in [-0.4, -0.2) is 47.5 Å². The Kier molecular flexibility index (Phi) is 4.39. The minimum absolute atomic E-state index is 0.234. The number of halogens is 3. The quantitative estimate of drug-likeness (QED) is 0.797. The molecule has 0 aromatic heterocycles. The molecule has 1 aliphatic rings. The maximum absolute atomic E-state index is 12.8. The third-order valence-corrected chi connectivity index (χ3v) is 3.33. The highest BCUT2D eigenvalue weighted by Gasteiger charge is 2.36. The second kappa shape index (κ2) is 5.88. The smallest absolute Gasteiger partial charge is 0.390 e. The molecule has 20 heavy (non-hydrogen) atoms. The summed E-state index contributed by atoms with van der Waals surface area (Å²) >= 11 is 0. The highest BCUT2D eigenvalue weighted by molar-refractivity contribution is 5.38. The number of phenolic OH excluding ortho intramolecular Hbond substituents is 2. The summed E-state index contributed by atoms with van der Waals surface area (Å²) in [6.45, 7) is 2.24. The van der Waals surface area contributed by atoms with Crippen LogP contribution in [0.5, 0.6) is 11.5 Å². The van der Waals surface area contributed by atoms with Crippen LogP contribution in [0.15, 0.2) is 18.2 Å². The zero-order chi connectivity index (χ0) is 14.8. The average Bonchev–Trinajstić information content (AvgIpc) is 2.35. The van der Waals surface area contributed by atoms with Gasteiger partial charge in [-0.3, -0.25) is 4.90 Å². The van der Waals surface area contributed by atoms with Crippen LogP contribution in [0.4, 0.5) is 13.2 Å². The zero-order valence-electron chi connectivity index (χ0n) is 10.8. The lowest BCUT2D eigenvalue weighted by Gasteiger charge is -2.35. The highest BCUT2D eigenvalue weighted by Crippen LogP contribution is 2.36. The number of piperazine rings is 1. The van der Waals surface area contributed by atoms with Crippen molar-refractivity contribution in [1.29, 1.82) is 0 Å². The van der Waals surface area contributed by atoms with Gasteiger partial charge in [0.25, 0.3) is 0 Å². The van der Waals surface area contributed by atoms with E-state index in [1.54, 1.807) is 4.90 Å². The van der Waals surface area contributed by atoms with Gasteiger partial charge in [-0.1, -0.05) is 0 Å². The van der Waals surface area contributed by atoms with Gasteiger partial charge in [0.1, 0.15) is 11.5 Å². The Labute approximate surface area is 114 Å². The molecule has 0 bridgehead atoms. The van der Waals surface area contributed by atoms with Crippen molar-refractivity contribution < 1.29 is 23.4 Å². The first kappa shape index (κ1) is 14.9. The normalized spacial score (nSPS) is 18.9. The van der Waals surface area contributed by atoms with Crippen molar-refractivity contribution in [2.24, 2.45) is 0 Å². The Balaban J connectivity index is 2.29. The van der Waals surface area contributed by atoms with E-state index in [1.807, 2.05) is 0 Å². The molecule has 0 amide bonds. The molecule has 0 aliphatic carbocycles. The van der Waals surface area contributed by atoms with Gasteiger partial charge in [-0.05, 0) is 17.7 Å². The SMILES string of the molecule is Oc1cc(O)cc([C@H](CC(F)(F)F)N2CCNCC2)c1. The summed E-state index contributed by atoms with van der Waals surface area (Å²) in [7, 11) is 0. The molecule has 4 nitrogen and oxygen atoms in total. The third-order valence-electron chi connectivity index (χ3n) is 3.33. The van der Waals surface area contributed by atoms with E-state index in [0.717, 1.165) is 6.07 Å². The molecule has 3 N–H and O–H groups in total. The van der Waals surface area contributed by atoms with Crippen molar-refractivity contribution >= 4 is 0 Å². The number of rotatable bonds is 3. The number of hydrogen-bond acceptors (Lipinski definition) is 4. The van der Waals surface area contributed by atoms with Crippen molar-refractivity contribution in [2.75, 3.05) is 26.2 Å². The number of phenols is 2. The maximum Gasteiger partial charge on any atom is 0.390 e. The molecule has 1 aromatic rings. The molecule has 1 fully saturated rings. The fourth-order valence-electron chi connectivity index (χ4n) is 2.48. The summed E-state index contributed by atoms with van der Waals surface area (Å²) in [6, 6.07) is 2.76. The first-order chi connectivity index (χ1) is 9.35. The van der Waals surface area contributed by atoms with E-state index >= 15 is 0 Å². The lowest BCUT2D eigenvalue weighted by molar-refractivity contribution is -0.148. The van der Waals surface area contributed by atoms with Gasteiger partial charge in [0.2, 0.25) is 0 Å². The van der Waals surface area contributed by atoms with Crippen LogP contribution in [0.2, 0.25) is 0 Å². The molecule has 0 spiro atoms. The van der Waals surface area contributed by atoms with Gasteiger partial charge < -0.3 is 15.5 Å². The summed E-state index contributed by atoms with van der Waals surface area (Å²) in [5.74, 6) is -0.468. The van der Waals surface area contributed by atoms with Crippen molar-refractivity contribution in [1.82, 2.24) is 10.2 Å². The van der Waals surface area contributed by atoms with Crippen LogP contribution >= 0.6 is 0 Å². The Hall–Kier alpha value is -1.47. The number of hydrogen-bond donors (Lipinski definition) is 3. The van der Waals surface area contributed by atoms with Gasteiger partial charge in [-0.2, -0.15) is 13.2 Å². The first-order valence-electron chi connectivity index (χ1n) is 6.39. The molecule has 2 rings (SSSR count). The molecule has 7 heteroatoms. The van der Waals surface area contributed by atoms with Crippen LogP contribution in [-0.2, 0) is 0 Å². The lowest BCUT2D eigenvalue weighted by atomic mass is 10.00. The molecular formula is C13H17F3N2O2. The Morgan fingerprint density at radius 1 is 1.10 bits per heavy atom. The fourth-order valence-corrected chi connectivity index (χ4v) is 2.48. The van der Waals surface area contributed by atoms with E-state index in [2.05, 4.69) is 5.32 Å². The summed E-state index contributed by atoms with van der Waals surface area (Å²) < 4.78 is 38.3. The van der Waals surface area contributed by atoms with Gasteiger partial charge in [0.05, 0.1) is 6.42 Å². The molecule has 1 aliphatic heterocycles. The molecule has 1 aromatic carbocycles. The monoisotopic (exact) mass is 290 g/mol. The van der Waals surface area contributed by atoms with E-state index in [-0.39, 0.29) is 17.1 Å². The van der Waals surface area contributed by atoms with Crippen molar-refractivity contribution in [2.45, 2.75) is 18.6 Å². The van der Waals surface area contributed by atoms with Crippen LogP contribution in [0.25, 0.3) is 0 Å². The van der Waals surface area contributed by atoms with Crippen LogP contribution < -0.4 is 5.32 Å². The number of aromatic hydroxyl groups is 2. The second-order valence-electron chi connectivity index (χ2n) is 4.90. The molecule has 112 valence electrons. The Morgan fingerprint density at radius 3 is 2.15 bits per heavy atom. The fraction of sp³-hybridized carbons (Fsp3) is 0.538. The van der Waals surface area contributed by atoms with Crippen molar-refractivity contribution in [3.05, 3.63) is 23.8 Å². The topological polar surface area (TPSA) is 55.7 Å². The average molecular weight is 290 g/mol. The van der Waals surface area contributed by atoms with Crippen LogP contribution in [0.3, 0.4) is 0 Å². The number of nitrogens with zero attached hydrogens (tertiary/aromatic N) is 1. The van der Waals surface area contributed by atoms with Crippen molar-refractivity contribution in [3.63, 3.8) is 0 Å². The Bertz CT molecular complexity index is 439. The molecule has 1 saturated heterocycles. The van der Waals surface area contributed by atoms with E-state index < -0.39 is 18.6 Å². The summed E-state index contributed by atoms with van der Waals surface area (Å²) in [5, 5.41) is 22.0. The molecule has 0 radical (unpaired) electrons. The minimum Gasteiger partial charge on any atom is -0.508 e. The molecule has 1 atom stereocenters. The predicted molar refractivity (Wildman–Crippen MR) is 67.6 cm³/mol.